The summed E-state index contributed by atoms with van der Waals surface area (Å²) >= 11 is 0. The fourth-order valence-corrected chi connectivity index (χ4v) is 3.67. The molecule has 9 rings (SSSR count). The first kappa shape index (κ1) is 33.1. The fourth-order valence-electron chi connectivity index (χ4n) is 3.67. The highest BCUT2D eigenvalue weighted by atomic mass is 16.1. The number of hydrogen-bond acceptors (Lipinski definition) is 19. The quantitative estimate of drug-likeness (QED) is 0.0797. The molecule has 254 valence electrons. The third-order valence-corrected chi connectivity index (χ3v) is 5.83. The average Bonchev–Trinajstić information content (AvgIpc) is 3.90. The predicted octanol–water partition coefficient (Wildman–Crippen LogP) is -2.32. The topological polar surface area (TPSA) is 434 Å². The van der Waals surface area contributed by atoms with Gasteiger partial charge in [-0.15, -0.1) is 0 Å². The number of nitrogen functional groups attached to an aromatic ring is 5. The molecule has 9 aromatic rings. The van der Waals surface area contributed by atoms with Gasteiger partial charge >= 0.3 is 5.69 Å². The number of aromatic nitrogens is 18. The molecule has 0 saturated carbocycles. The Morgan fingerprint density at radius 2 is 0.880 bits per heavy atom. The van der Waals surface area contributed by atoms with Gasteiger partial charge in [0.05, 0.1) is 25.3 Å². The van der Waals surface area contributed by atoms with Gasteiger partial charge < -0.3 is 48.6 Å². The third kappa shape index (κ3) is 8.09. The molecular formula is C24H25N23O3. The lowest BCUT2D eigenvalue weighted by Gasteiger charge is -1.89. The maximum Gasteiger partial charge on any atom is 0.346 e. The molecule has 9 aromatic heterocycles. The van der Waals surface area contributed by atoms with Gasteiger partial charge in [-0.1, -0.05) is 0 Å². The molecule has 26 heteroatoms. The van der Waals surface area contributed by atoms with Gasteiger partial charge in [0.25, 0.3) is 11.1 Å². The van der Waals surface area contributed by atoms with Gasteiger partial charge in [-0.25, -0.2) is 49.7 Å². The fraction of sp³-hybridized carbons (Fsp3) is 0. The van der Waals surface area contributed by atoms with Crippen molar-refractivity contribution >= 4 is 74.0 Å². The highest BCUT2D eigenvalue weighted by Crippen LogP contribution is 2.10. The van der Waals surface area contributed by atoms with Crippen LogP contribution >= 0.6 is 0 Å². The van der Waals surface area contributed by atoms with Gasteiger partial charge in [0.15, 0.2) is 45.3 Å². The van der Waals surface area contributed by atoms with Crippen molar-refractivity contribution in [3.63, 3.8) is 0 Å². The maximum atomic E-state index is 11.0. The standard InChI is InChI=1S/2C5H5N5O.2C5H5N5.C4H5N3O/c2*6-5-9-3-2(4(11)10-5)7-1-8-3;2*6-4-3-5(9-1-7-3)10-2-8-4;5-3-1-2-6-4(8)7-3/h2*1H,(H4,6,7,8,9,10,11);2*1-2H,(H3,6,7,8,9,10);1-2H,(H3,5,6,7,8). The van der Waals surface area contributed by atoms with Crippen molar-refractivity contribution in [2.75, 3.05) is 28.7 Å². The first-order valence-corrected chi connectivity index (χ1v) is 13.6. The Hall–Kier alpha value is -8.32. The molecule has 17 N–H and O–H groups in total. The summed E-state index contributed by atoms with van der Waals surface area (Å²) < 4.78 is 0. The van der Waals surface area contributed by atoms with Gasteiger partial charge in [0.1, 0.15) is 29.5 Å². The molecule has 0 atom stereocenters. The van der Waals surface area contributed by atoms with Crippen LogP contribution < -0.4 is 45.5 Å². The predicted molar refractivity (Wildman–Crippen MR) is 179 cm³/mol. The normalized spacial score (nSPS) is 10.2. The molecule has 0 aliphatic rings. The number of H-pyrrole nitrogens is 7. The lowest BCUT2D eigenvalue weighted by Crippen LogP contribution is -2.10. The zero-order valence-electron chi connectivity index (χ0n) is 25.1. The molecule has 0 radical (unpaired) electrons. The summed E-state index contributed by atoms with van der Waals surface area (Å²) in [4.78, 5) is 91.7. The number of nitrogens with one attached hydrogen (secondary N) is 7. The van der Waals surface area contributed by atoms with Crippen LogP contribution in [0, 0.1) is 0 Å². The van der Waals surface area contributed by atoms with Gasteiger partial charge in [-0.05, 0) is 6.07 Å². The Morgan fingerprint density at radius 1 is 0.460 bits per heavy atom. The number of hydrogen-bond donors (Lipinski definition) is 12. The largest absolute Gasteiger partial charge is 0.385 e. The monoisotopic (exact) mass is 683 g/mol. The summed E-state index contributed by atoms with van der Waals surface area (Å²) in [6.07, 6.45) is 10.00. The van der Waals surface area contributed by atoms with E-state index < -0.39 is 5.69 Å². The molecule has 0 aliphatic carbocycles. The summed E-state index contributed by atoms with van der Waals surface area (Å²) in [5.74, 6) is 1.36. The lowest BCUT2D eigenvalue weighted by molar-refractivity contribution is 1.08. The first-order valence-electron chi connectivity index (χ1n) is 13.6. The molecule has 0 aromatic carbocycles. The van der Waals surface area contributed by atoms with E-state index in [1.165, 1.54) is 50.2 Å². The smallest absolute Gasteiger partial charge is 0.346 e. The van der Waals surface area contributed by atoms with Crippen LogP contribution in [-0.4, -0.2) is 89.7 Å². The van der Waals surface area contributed by atoms with E-state index in [9.17, 15) is 14.4 Å². The molecule has 0 fully saturated rings. The zero-order chi connectivity index (χ0) is 35.6. The van der Waals surface area contributed by atoms with E-state index in [4.69, 9.17) is 28.7 Å². The number of fused-ring (bicyclic) bond motifs is 4. The van der Waals surface area contributed by atoms with Crippen molar-refractivity contribution in [3.8, 4) is 0 Å². The molecule has 0 unspecified atom stereocenters. The van der Waals surface area contributed by atoms with E-state index in [0.717, 1.165) is 0 Å². The van der Waals surface area contributed by atoms with Crippen LogP contribution in [0.3, 0.4) is 0 Å². The Labute approximate surface area is 274 Å². The van der Waals surface area contributed by atoms with E-state index in [2.05, 4.69) is 89.7 Å². The minimum Gasteiger partial charge on any atom is -0.385 e. The molecule has 0 bridgehead atoms. The van der Waals surface area contributed by atoms with Crippen molar-refractivity contribution < 1.29 is 0 Å². The van der Waals surface area contributed by atoms with Gasteiger partial charge in [-0.2, -0.15) is 9.97 Å². The van der Waals surface area contributed by atoms with Crippen LogP contribution in [0.25, 0.3) is 44.7 Å². The van der Waals surface area contributed by atoms with Gasteiger partial charge in [0, 0.05) is 6.20 Å². The third-order valence-electron chi connectivity index (χ3n) is 5.83. The summed E-state index contributed by atoms with van der Waals surface area (Å²) in [5.41, 5.74) is 29.6. The van der Waals surface area contributed by atoms with E-state index in [0.29, 0.717) is 62.1 Å². The molecule has 0 amide bonds. The highest BCUT2D eigenvalue weighted by molar-refractivity contribution is 5.81. The Kier molecular flexibility index (Phi) is 9.82. The van der Waals surface area contributed by atoms with Crippen molar-refractivity contribution in [2.24, 2.45) is 0 Å². The van der Waals surface area contributed by atoms with Crippen molar-refractivity contribution in [1.29, 1.82) is 0 Å². The first-order chi connectivity index (χ1) is 24.1. The Bertz CT molecular complexity index is 2500. The number of nitrogens with zero attached hydrogens (tertiary/aromatic N) is 11. The summed E-state index contributed by atoms with van der Waals surface area (Å²) in [6, 6.07) is 1.52. The van der Waals surface area contributed by atoms with E-state index in [1.807, 2.05) is 0 Å². The molecule has 50 heavy (non-hydrogen) atoms. The summed E-state index contributed by atoms with van der Waals surface area (Å²) in [5, 5.41) is 0. The molecular weight excluding hydrogens is 658 g/mol. The van der Waals surface area contributed by atoms with Crippen LogP contribution in [-0.2, 0) is 0 Å². The number of imidazole rings is 4. The van der Waals surface area contributed by atoms with Crippen molar-refractivity contribution in [3.05, 3.63) is 81.4 Å². The second kappa shape index (κ2) is 14.8. The van der Waals surface area contributed by atoms with Crippen LogP contribution in [0.5, 0.6) is 0 Å². The van der Waals surface area contributed by atoms with E-state index >= 15 is 0 Å². The molecule has 0 saturated heterocycles. The number of nitrogens with two attached hydrogens (primary N) is 5. The lowest BCUT2D eigenvalue weighted by atomic mass is 10.5. The maximum absolute atomic E-state index is 11.0. The molecule has 0 aliphatic heterocycles. The van der Waals surface area contributed by atoms with Crippen LogP contribution in [0.1, 0.15) is 0 Å². The van der Waals surface area contributed by atoms with Gasteiger partial charge in [0.2, 0.25) is 11.9 Å². The van der Waals surface area contributed by atoms with Crippen molar-refractivity contribution in [2.45, 2.75) is 0 Å². The minimum atomic E-state index is -0.412. The Morgan fingerprint density at radius 3 is 1.26 bits per heavy atom. The number of aromatic amines is 7. The van der Waals surface area contributed by atoms with Crippen molar-refractivity contribution in [1.82, 2.24) is 89.7 Å². The van der Waals surface area contributed by atoms with Crippen LogP contribution in [0.2, 0.25) is 0 Å². The number of anilines is 5. The van der Waals surface area contributed by atoms with Crippen LogP contribution in [0.15, 0.2) is 64.6 Å². The molecule has 26 nitrogen and oxygen atoms in total. The average molecular weight is 684 g/mol. The summed E-state index contributed by atoms with van der Waals surface area (Å²) in [6.45, 7) is 0. The van der Waals surface area contributed by atoms with Gasteiger partial charge in [-0.3, -0.25) is 24.5 Å². The number of rotatable bonds is 0. The molecule has 0 spiro atoms. The SMILES string of the molecule is Nc1ccnc(=O)[nH]1.Nc1nc2nc[nH]c2c(=O)[nH]1.Nc1nc2nc[nH]c2c(=O)[nH]1.Nc1ncnc2nc[nH]c12.Nc1ncnc2nc[nH]c12. The molecule has 9 heterocycles. The second-order valence-corrected chi connectivity index (χ2v) is 9.16. The highest BCUT2D eigenvalue weighted by Gasteiger charge is 2.03. The zero-order valence-corrected chi connectivity index (χ0v) is 25.1. The second-order valence-electron chi connectivity index (χ2n) is 9.16. The van der Waals surface area contributed by atoms with Crippen LogP contribution in [0.4, 0.5) is 29.4 Å². The minimum absolute atomic E-state index is 0.0783. The summed E-state index contributed by atoms with van der Waals surface area (Å²) in [7, 11) is 0. The van der Waals surface area contributed by atoms with E-state index in [1.54, 1.807) is 0 Å². The van der Waals surface area contributed by atoms with E-state index in [-0.39, 0.29) is 23.0 Å². The Balaban J connectivity index is 0.000000122.